The van der Waals surface area contributed by atoms with Crippen molar-refractivity contribution in [2.45, 2.75) is 24.2 Å². The predicted molar refractivity (Wildman–Crippen MR) is 147 cm³/mol. The Kier molecular flexibility index (Phi) is 9.41. The molecule has 0 bridgehead atoms. The first-order valence-electron chi connectivity index (χ1n) is 12.4. The van der Waals surface area contributed by atoms with Crippen LogP contribution in [0.15, 0.2) is 95.2 Å². The second-order valence-corrected chi connectivity index (χ2v) is 10.4. The molecular weight excluding hydrogens is 506 g/mol. The molecular formula is C29H32F2N4O2S. The van der Waals surface area contributed by atoms with E-state index < -0.39 is 11.4 Å². The van der Waals surface area contributed by atoms with E-state index in [9.17, 15) is 13.3 Å². The van der Waals surface area contributed by atoms with E-state index in [-0.39, 0.29) is 11.6 Å². The van der Waals surface area contributed by atoms with E-state index in [1.807, 2.05) is 0 Å². The van der Waals surface area contributed by atoms with Gasteiger partial charge in [0.25, 0.3) is 0 Å². The Bertz CT molecular complexity index is 1220. The third kappa shape index (κ3) is 6.93. The van der Waals surface area contributed by atoms with Gasteiger partial charge in [0.15, 0.2) is 5.75 Å². The van der Waals surface area contributed by atoms with Crippen LogP contribution in [0, 0.1) is 11.6 Å². The van der Waals surface area contributed by atoms with Crippen LogP contribution in [0.5, 0.6) is 5.75 Å². The number of nitrogens with zero attached hydrogens (tertiary/aromatic N) is 2. The van der Waals surface area contributed by atoms with Crippen LogP contribution >= 0.6 is 0 Å². The standard InChI is InChI=1S/C29H32F2N4O2S/c1-37-27-4-2-3-5-28(27)38(36)35(33)20-26(32)16-19-34-17-14-23(15-18-34)29(21-6-10-24(30)11-7-21)22-8-12-25(31)13-9-22/h2-13,20H,14-19,32-33H2,1H3/b26-20-. The number of nitrogens with two attached hydrogens (primary N) is 2. The first kappa shape index (κ1) is 27.7. The van der Waals surface area contributed by atoms with Gasteiger partial charge < -0.3 is 19.9 Å². The molecule has 3 aromatic carbocycles. The van der Waals surface area contributed by atoms with Crippen molar-refractivity contribution in [3.8, 4) is 5.75 Å². The van der Waals surface area contributed by atoms with E-state index in [4.69, 9.17) is 16.3 Å². The largest absolute Gasteiger partial charge is 0.586 e. The summed E-state index contributed by atoms with van der Waals surface area (Å²) in [4.78, 5) is 2.78. The lowest BCUT2D eigenvalue weighted by molar-refractivity contribution is 0.259. The minimum Gasteiger partial charge on any atom is -0.586 e. The van der Waals surface area contributed by atoms with Crippen molar-refractivity contribution in [1.29, 1.82) is 0 Å². The molecule has 9 heteroatoms. The summed E-state index contributed by atoms with van der Waals surface area (Å²) in [6.45, 7) is 2.38. The zero-order chi connectivity index (χ0) is 27.1. The van der Waals surface area contributed by atoms with Crippen LogP contribution in [0.25, 0.3) is 5.57 Å². The highest BCUT2D eigenvalue weighted by Gasteiger charge is 2.23. The van der Waals surface area contributed by atoms with Crippen LogP contribution in [0.1, 0.15) is 30.4 Å². The zero-order valence-corrected chi connectivity index (χ0v) is 22.1. The van der Waals surface area contributed by atoms with E-state index in [0.29, 0.717) is 22.8 Å². The lowest BCUT2D eigenvalue weighted by Gasteiger charge is -2.30. The minimum absolute atomic E-state index is 0.291. The molecule has 1 atom stereocenters. The van der Waals surface area contributed by atoms with Gasteiger partial charge >= 0.3 is 0 Å². The quantitative estimate of drug-likeness (QED) is 0.227. The summed E-state index contributed by atoms with van der Waals surface area (Å²) < 4.78 is 46.3. The second kappa shape index (κ2) is 12.9. The van der Waals surface area contributed by atoms with E-state index in [2.05, 4.69) is 4.90 Å². The van der Waals surface area contributed by atoms with Crippen molar-refractivity contribution in [1.82, 2.24) is 9.31 Å². The summed E-state index contributed by atoms with van der Waals surface area (Å²) in [5, 5.41) is 0. The number of hydrazine groups is 1. The van der Waals surface area contributed by atoms with Crippen LogP contribution in [0.3, 0.4) is 0 Å². The van der Waals surface area contributed by atoms with E-state index in [1.54, 1.807) is 48.5 Å². The Morgan fingerprint density at radius 3 is 2.08 bits per heavy atom. The lowest BCUT2D eigenvalue weighted by atomic mass is 9.88. The lowest BCUT2D eigenvalue weighted by Crippen LogP contribution is -2.35. The Labute approximate surface area is 225 Å². The summed E-state index contributed by atoms with van der Waals surface area (Å²) in [6.07, 6.45) is 3.72. The van der Waals surface area contributed by atoms with Gasteiger partial charge in [0.1, 0.15) is 23.0 Å². The van der Waals surface area contributed by atoms with Gasteiger partial charge in [-0.05, 0) is 65.9 Å². The Morgan fingerprint density at radius 1 is 0.974 bits per heavy atom. The van der Waals surface area contributed by atoms with Crippen LogP contribution in [0.2, 0.25) is 0 Å². The fourth-order valence-corrected chi connectivity index (χ4v) is 5.52. The van der Waals surface area contributed by atoms with Crippen LogP contribution < -0.4 is 16.3 Å². The summed E-state index contributed by atoms with van der Waals surface area (Å²) in [6, 6.07) is 19.9. The number of piperidine rings is 1. The molecule has 0 radical (unpaired) electrons. The number of hydrogen-bond donors (Lipinski definition) is 2. The van der Waals surface area contributed by atoms with Gasteiger partial charge in [-0.25, -0.2) is 14.6 Å². The van der Waals surface area contributed by atoms with Gasteiger partial charge in [-0.15, -0.1) is 4.41 Å². The van der Waals surface area contributed by atoms with Gasteiger partial charge in [0, 0.05) is 31.8 Å². The highest BCUT2D eigenvalue weighted by atomic mass is 32.2. The highest BCUT2D eigenvalue weighted by molar-refractivity contribution is 7.89. The topological polar surface area (TPSA) is 90.8 Å². The molecule has 1 unspecified atom stereocenters. The first-order valence-corrected chi connectivity index (χ1v) is 13.5. The second-order valence-electron chi connectivity index (χ2n) is 9.05. The minimum atomic E-state index is -1.66. The number of likely N-dealkylation sites (tertiary alicyclic amines) is 1. The molecule has 0 aromatic heterocycles. The molecule has 0 aliphatic carbocycles. The zero-order valence-electron chi connectivity index (χ0n) is 21.3. The van der Waals surface area contributed by atoms with Crippen molar-refractivity contribution in [2.75, 3.05) is 26.7 Å². The number of para-hydroxylation sites is 1. The first-order chi connectivity index (χ1) is 18.4. The molecule has 4 rings (SSSR count). The molecule has 1 fully saturated rings. The van der Waals surface area contributed by atoms with Gasteiger partial charge in [0.05, 0.1) is 13.3 Å². The highest BCUT2D eigenvalue weighted by Crippen LogP contribution is 2.33. The molecule has 0 amide bonds. The molecule has 1 saturated heterocycles. The molecule has 38 heavy (non-hydrogen) atoms. The fourth-order valence-electron chi connectivity index (χ4n) is 4.54. The smallest absolute Gasteiger partial charge is 0.223 e. The fraction of sp³-hybridized carbons (Fsp3) is 0.241. The average Bonchev–Trinajstić information content (AvgIpc) is 2.94. The maximum Gasteiger partial charge on any atom is 0.223 e. The van der Waals surface area contributed by atoms with Gasteiger partial charge in [-0.3, -0.25) is 0 Å². The maximum atomic E-state index is 13.6. The number of hydrogen-bond acceptors (Lipinski definition) is 6. The Morgan fingerprint density at radius 2 is 1.53 bits per heavy atom. The molecule has 1 aliphatic rings. The van der Waals surface area contributed by atoms with Gasteiger partial charge in [-0.2, -0.15) is 0 Å². The molecule has 0 spiro atoms. The number of halogens is 2. The predicted octanol–water partition coefficient (Wildman–Crippen LogP) is 4.96. The van der Waals surface area contributed by atoms with Crippen LogP contribution in [-0.4, -0.2) is 40.6 Å². The molecule has 0 saturated carbocycles. The summed E-state index contributed by atoms with van der Waals surface area (Å²) in [7, 11) is 1.52. The van der Waals surface area contributed by atoms with Crippen molar-refractivity contribution >= 4 is 16.9 Å². The number of methoxy groups -OCH3 is 1. The Hall–Kier alpha value is -3.37. The average molecular weight is 539 g/mol. The van der Waals surface area contributed by atoms with Crippen LogP contribution in [0.4, 0.5) is 8.78 Å². The van der Waals surface area contributed by atoms with Crippen molar-refractivity contribution in [2.24, 2.45) is 11.6 Å². The molecule has 200 valence electrons. The number of ether oxygens (including phenoxy) is 1. The van der Waals surface area contributed by atoms with Crippen molar-refractivity contribution in [3.63, 3.8) is 0 Å². The van der Waals surface area contributed by atoms with E-state index in [0.717, 1.165) is 53.6 Å². The van der Waals surface area contributed by atoms with Crippen molar-refractivity contribution in [3.05, 3.63) is 113 Å². The number of rotatable bonds is 9. The normalized spacial score (nSPS) is 15.3. The van der Waals surface area contributed by atoms with E-state index >= 15 is 0 Å². The SMILES string of the molecule is COc1ccccc1[S+]([O-])N(N)/C=C(\N)CCN1CCC(=C(c2ccc(F)cc2)c2ccc(F)cc2)CC1. The summed E-state index contributed by atoms with van der Waals surface area (Å²) in [5.74, 6) is 5.93. The Balaban J connectivity index is 1.39. The van der Waals surface area contributed by atoms with Gasteiger partial charge in [0.2, 0.25) is 4.90 Å². The monoisotopic (exact) mass is 538 g/mol. The molecule has 4 N–H and O–H groups in total. The molecule has 3 aromatic rings. The maximum absolute atomic E-state index is 13.6. The third-order valence-electron chi connectivity index (χ3n) is 6.54. The van der Waals surface area contributed by atoms with Crippen LogP contribution in [-0.2, 0) is 11.4 Å². The molecule has 1 heterocycles. The molecule has 1 aliphatic heterocycles. The third-order valence-corrected chi connectivity index (χ3v) is 7.74. The van der Waals surface area contributed by atoms with Crippen molar-refractivity contribution < 1.29 is 18.1 Å². The molecule has 6 nitrogen and oxygen atoms in total. The summed E-state index contributed by atoms with van der Waals surface area (Å²) in [5.41, 5.74) is 10.8. The number of benzene rings is 3. The summed E-state index contributed by atoms with van der Waals surface area (Å²) >= 11 is -1.66. The van der Waals surface area contributed by atoms with E-state index in [1.165, 1.54) is 43.1 Å². The van der Waals surface area contributed by atoms with Gasteiger partial charge in [-0.1, -0.05) is 42.0 Å².